The molecule has 0 spiro atoms. The Kier molecular flexibility index (Phi) is 8.30. The number of nitrogens with one attached hydrogen (secondary N) is 2. The van der Waals surface area contributed by atoms with Crippen LogP contribution in [0.3, 0.4) is 0 Å². The summed E-state index contributed by atoms with van der Waals surface area (Å²) in [7, 11) is 0. The number of aromatic nitrogens is 1. The first kappa shape index (κ1) is 26.2. The van der Waals surface area contributed by atoms with Gasteiger partial charge in [-0.15, -0.1) is 0 Å². The van der Waals surface area contributed by atoms with Gasteiger partial charge in [0.25, 0.3) is 0 Å². The van der Waals surface area contributed by atoms with Gasteiger partial charge in [-0.25, -0.2) is 14.6 Å². The molecule has 1 saturated heterocycles. The van der Waals surface area contributed by atoms with Crippen molar-refractivity contribution in [3.8, 4) is 0 Å². The third-order valence-electron chi connectivity index (χ3n) is 5.37. The van der Waals surface area contributed by atoms with E-state index >= 15 is 0 Å². The topological polar surface area (TPSA) is 96.0 Å². The maximum Gasteiger partial charge on any atom is 0.413 e. The molecule has 1 fully saturated rings. The van der Waals surface area contributed by atoms with E-state index in [1.54, 1.807) is 49.9 Å². The summed E-state index contributed by atoms with van der Waals surface area (Å²) < 4.78 is 11.6. The number of fused-ring (bicyclic) bond motifs is 1. The number of halogens is 1. The highest BCUT2D eigenvalue weighted by Crippen LogP contribution is 2.30. The Morgan fingerprint density at radius 2 is 1.86 bits per heavy atom. The van der Waals surface area contributed by atoms with Gasteiger partial charge in [0.15, 0.2) is 5.13 Å². The summed E-state index contributed by atoms with van der Waals surface area (Å²) >= 11 is 7.33. The molecule has 2 heterocycles. The predicted octanol–water partition coefficient (Wildman–Crippen LogP) is 5.67. The number of morpholine rings is 1. The van der Waals surface area contributed by atoms with E-state index in [-0.39, 0.29) is 6.03 Å². The number of carbonyl (C=O) groups is 2. The van der Waals surface area contributed by atoms with Gasteiger partial charge in [-0.1, -0.05) is 22.9 Å². The lowest BCUT2D eigenvalue weighted by Crippen LogP contribution is -2.44. The number of hydrogen-bond acceptors (Lipinski definition) is 7. The molecule has 0 radical (unpaired) electrons. The van der Waals surface area contributed by atoms with Gasteiger partial charge in [0.05, 0.1) is 23.4 Å². The molecule has 11 heteroatoms. The number of amides is 3. The summed E-state index contributed by atoms with van der Waals surface area (Å²) in [6.07, 6.45) is -0.559. The third kappa shape index (κ3) is 7.30. The van der Waals surface area contributed by atoms with Crippen LogP contribution >= 0.6 is 22.9 Å². The van der Waals surface area contributed by atoms with Crippen molar-refractivity contribution in [2.75, 3.05) is 54.9 Å². The predicted molar refractivity (Wildman–Crippen MR) is 145 cm³/mol. The van der Waals surface area contributed by atoms with Gasteiger partial charge in [0.2, 0.25) is 0 Å². The Balaban J connectivity index is 1.53. The number of anilines is 3. The minimum absolute atomic E-state index is 0.257. The molecule has 0 unspecified atom stereocenters. The monoisotopic (exact) mass is 531 g/mol. The van der Waals surface area contributed by atoms with E-state index in [2.05, 4.69) is 20.5 Å². The van der Waals surface area contributed by atoms with Crippen LogP contribution in [0.25, 0.3) is 10.2 Å². The Hall–Kier alpha value is -2.92. The molecule has 1 aliphatic heterocycles. The molecule has 3 aromatic rings. The number of rotatable bonds is 6. The Labute approximate surface area is 219 Å². The van der Waals surface area contributed by atoms with Gasteiger partial charge < -0.3 is 14.8 Å². The summed E-state index contributed by atoms with van der Waals surface area (Å²) in [5.41, 5.74) is 1.43. The number of thiazole rings is 1. The van der Waals surface area contributed by atoms with Crippen LogP contribution in [0.4, 0.5) is 26.1 Å². The number of nitrogens with zero attached hydrogens (tertiary/aromatic N) is 3. The molecule has 2 N–H and O–H groups in total. The van der Waals surface area contributed by atoms with Gasteiger partial charge >= 0.3 is 12.1 Å². The van der Waals surface area contributed by atoms with Crippen LogP contribution < -0.4 is 15.5 Å². The Morgan fingerprint density at radius 3 is 2.56 bits per heavy atom. The van der Waals surface area contributed by atoms with E-state index in [9.17, 15) is 9.59 Å². The third-order valence-corrected chi connectivity index (χ3v) is 6.58. The maximum absolute atomic E-state index is 13.3. The lowest BCUT2D eigenvalue weighted by Gasteiger charge is -2.30. The van der Waals surface area contributed by atoms with Gasteiger partial charge in [0.1, 0.15) is 5.60 Å². The van der Waals surface area contributed by atoms with Crippen LogP contribution in [0, 0.1) is 0 Å². The molecule has 192 valence electrons. The lowest BCUT2D eigenvalue weighted by molar-refractivity contribution is 0.0393. The van der Waals surface area contributed by atoms with Crippen LogP contribution in [0.15, 0.2) is 42.5 Å². The fourth-order valence-corrected chi connectivity index (χ4v) is 4.62. The molecule has 1 aromatic heterocycles. The average Bonchev–Trinajstić information content (AvgIpc) is 3.21. The fraction of sp³-hybridized carbons (Fsp3) is 0.400. The second-order valence-electron chi connectivity index (χ2n) is 9.34. The van der Waals surface area contributed by atoms with Crippen molar-refractivity contribution in [3.05, 3.63) is 47.5 Å². The molecule has 3 amide bonds. The number of benzene rings is 2. The van der Waals surface area contributed by atoms with Gasteiger partial charge in [-0.05, 0) is 63.2 Å². The zero-order valence-corrected chi connectivity index (χ0v) is 22.1. The standard InChI is InChI=1S/C25H30ClN5O4S/c1-25(2,3)35-24(33)29-22-28-20-16-19(8-9-21(20)36-22)31(11-10-30-12-14-34-15-13-30)23(32)27-18-6-4-17(26)5-7-18/h4-9,16H,10-15H2,1-3H3,(H,27,32)(H,28,29,33). The minimum atomic E-state index is -0.605. The molecule has 0 atom stereocenters. The van der Waals surface area contributed by atoms with E-state index in [1.165, 1.54) is 11.3 Å². The number of urea groups is 1. The van der Waals surface area contributed by atoms with Gasteiger partial charge in [-0.3, -0.25) is 15.1 Å². The molecular weight excluding hydrogens is 502 g/mol. The summed E-state index contributed by atoms with van der Waals surface area (Å²) in [5, 5.41) is 6.67. The lowest BCUT2D eigenvalue weighted by atomic mass is 10.2. The second-order valence-corrected chi connectivity index (χ2v) is 10.8. The SMILES string of the molecule is CC(C)(C)OC(=O)Nc1nc2cc(N(CCN3CCOCC3)C(=O)Nc3ccc(Cl)cc3)ccc2s1. The van der Waals surface area contributed by atoms with E-state index < -0.39 is 11.7 Å². The first-order chi connectivity index (χ1) is 17.2. The zero-order chi connectivity index (χ0) is 25.7. The summed E-state index contributed by atoms with van der Waals surface area (Å²) in [6, 6.07) is 12.4. The van der Waals surface area contributed by atoms with Crippen LogP contribution in [-0.2, 0) is 9.47 Å². The molecule has 2 aromatic carbocycles. The van der Waals surface area contributed by atoms with Crippen LogP contribution in [-0.4, -0.2) is 67.0 Å². The van der Waals surface area contributed by atoms with Crippen molar-refractivity contribution in [1.82, 2.24) is 9.88 Å². The summed E-state index contributed by atoms with van der Waals surface area (Å²) in [4.78, 5) is 34.0. The van der Waals surface area contributed by atoms with Gasteiger partial charge in [-0.2, -0.15) is 0 Å². The van der Waals surface area contributed by atoms with Crippen LogP contribution in [0.5, 0.6) is 0 Å². The summed E-state index contributed by atoms with van der Waals surface area (Å²) in [6.45, 7) is 9.64. The Bertz CT molecular complexity index is 1210. The number of carbonyl (C=O) groups excluding carboxylic acids is 2. The molecule has 4 rings (SSSR count). The zero-order valence-electron chi connectivity index (χ0n) is 20.5. The molecule has 9 nitrogen and oxygen atoms in total. The quantitative estimate of drug-likeness (QED) is 0.425. The van der Waals surface area contributed by atoms with Crippen molar-refractivity contribution < 1.29 is 19.1 Å². The van der Waals surface area contributed by atoms with Crippen molar-refractivity contribution in [1.29, 1.82) is 0 Å². The average molecular weight is 532 g/mol. The number of hydrogen-bond donors (Lipinski definition) is 2. The molecule has 36 heavy (non-hydrogen) atoms. The first-order valence-electron chi connectivity index (χ1n) is 11.7. The van der Waals surface area contributed by atoms with Crippen LogP contribution in [0.1, 0.15) is 20.8 Å². The second kappa shape index (κ2) is 11.4. The number of ether oxygens (including phenoxy) is 2. The van der Waals surface area contributed by atoms with Crippen LogP contribution in [0.2, 0.25) is 5.02 Å². The van der Waals surface area contributed by atoms with Crippen molar-refractivity contribution in [2.24, 2.45) is 0 Å². The van der Waals surface area contributed by atoms with E-state index in [4.69, 9.17) is 21.1 Å². The minimum Gasteiger partial charge on any atom is -0.444 e. The van der Waals surface area contributed by atoms with Gasteiger partial charge in [0, 0.05) is 42.6 Å². The largest absolute Gasteiger partial charge is 0.444 e. The first-order valence-corrected chi connectivity index (χ1v) is 12.9. The molecule has 1 aliphatic rings. The van der Waals surface area contributed by atoms with E-state index in [0.29, 0.717) is 53.3 Å². The maximum atomic E-state index is 13.3. The highest BCUT2D eigenvalue weighted by molar-refractivity contribution is 7.22. The van der Waals surface area contributed by atoms with Crippen molar-refractivity contribution in [2.45, 2.75) is 26.4 Å². The summed E-state index contributed by atoms with van der Waals surface area (Å²) in [5.74, 6) is 0. The molecule has 0 bridgehead atoms. The van der Waals surface area contributed by atoms with Crippen molar-refractivity contribution >= 4 is 61.8 Å². The molecule has 0 aliphatic carbocycles. The normalized spacial score (nSPS) is 14.4. The molecule has 0 saturated carbocycles. The Morgan fingerprint density at radius 1 is 1.14 bits per heavy atom. The van der Waals surface area contributed by atoms with Crippen molar-refractivity contribution in [3.63, 3.8) is 0 Å². The molecular formula is C25H30ClN5O4S. The highest BCUT2D eigenvalue weighted by Gasteiger charge is 2.21. The highest BCUT2D eigenvalue weighted by atomic mass is 35.5. The smallest absolute Gasteiger partial charge is 0.413 e. The fourth-order valence-electron chi connectivity index (χ4n) is 3.67. The van der Waals surface area contributed by atoms with E-state index in [0.717, 1.165) is 17.8 Å². The van der Waals surface area contributed by atoms with E-state index in [1.807, 2.05) is 18.2 Å².